The second-order valence-corrected chi connectivity index (χ2v) is 12.8. The second kappa shape index (κ2) is 13.5. The lowest BCUT2D eigenvalue weighted by Gasteiger charge is -2.11. The Morgan fingerprint density at radius 1 is 0.932 bits per heavy atom. The van der Waals surface area contributed by atoms with Gasteiger partial charge in [-0.25, -0.2) is 18.2 Å². The van der Waals surface area contributed by atoms with E-state index in [0.29, 0.717) is 46.0 Å². The molecular weight excluding hydrogens is 621 g/mol. The number of aromatic carboxylic acids is 1. The van der Waals surface area contributed by atoms with Crippen LogP contribution < -0.4 is 9.46 Å². The summed E-state index contributed by atoms with van der Waals surface area (Å²) in [6.07, 6.45) is 2.43. The van der Waals surface area contributed by atoms with Gasteiger partial charge in [0.05, 0.1) is 22.0 Å². The van der Waals surface area contributed by atoms with Crippen LogP contribution in [0.15, 0.2) is 97.2 Å². The van der Waals surface area contributed by atoms with E-state index in [-0.39, 0.29) is 17.9 Å². The summed E-state index contributed by atoms with van der Waals surface area (Å²) in [5.41, 5.74) is 4.91. The molecule has 5 rings (SSSR count). The number of halogens is 2. The van der Waals surface area contributed by atoms with Gasteiger partial charge in [0.25, 0.3) is 0 Å². The lowest BCUT2D eigenvalue weighted by atomic mass is 10.1. The zero-order valence-corrected chi connectivity index (χ0v) is 26.0. The van der Waals surface area contributed by atoms with Crippen LogP contribution >= 0.6 is 23.2 Å². The molecule has 5 aromatic rings. The summed E-state index contributed by atoms with van der Waals surface area (Å²) < 4.78 is 34.7. The monoisotopic (exact) mass is 649 g/mol. The standard InChI is InChI=1S/C33H29Cl2N3O5S/c1-2-17-44(41,42)37-27-12-7-23(8-13-27)24-9-14-28(15-10-24)43-21-32-36-31(29-16-11-26(34)18-30(29)35)20-38(32)19-22-3-5-25(6-4-22)33(39)40/h3-16,18,20,37H,2,17,19,21H2,1H3,(H,39,40). The number of hydrogen-bond donors (Lipinski definition) is 2. The third kappa shape index (κ3) is 7.79. The molecule has 0 bridgehead atoms. The van der Waals surface area contributed by atoms with Crippen LogP contribution in [0.3, 0.4) is 0 Å². The van der Waals surface area contributed by atoms with Crippen molar-refractivity contribution in [3.63, 3.8) is 0 Å². The third-order valence-electron chi connectivity index (χ3n) is 6.81. The van der Waals surface area contributed by atoms with Crippen LogP contribution in [-0.4, -0.2) is 34.8 Å². The van der Waals surface area contributed by atoms with Crippen LogP contribution in [0.5, 0.6) is 5.75 Å². The quantitative estimate of drug-likeness (QED) is 0.142. The summed E-state index contributed by atoms with van der Waals surface area (Å²) in [5.74, 6) is 0.389. The average molecular weight is 651 g/mol. The minimum atomic E-state index is -3.35. The smallest absolute Gasteiger partial charge is 0.335 e. The van der Waals surface area contributed by atoms with Gasteiger partial charge in [-0.3, -0.25) is 4.72 Å². The molecule has 2 N–H and O–H groups in total. The van der Waals surface area contributed by atoms with Gasteiger partial charge in [-0.15, -0.1) is 0 Å². The molecule has 0 aliphatic rings. The van der Waals surface area contributed by atoms with Gasteiger partial charge in [0, 0.05) is 29.0 Å². The highest BCUT2D eigenvalue weighted by Crippen LogP contribution is 2.31. The maximum Gasteiger partial charge on any atom is 0.335 e. The molecule has 0 atom stereocenters. The number of nitrogens with zero attached hydrogens (tertiary/aromatic N) is 2. The molecule has 0 unspecified atom stereocenters. The molecule has 11 heteroatoms. The maximum absolute atomic E-state index is 12.0. The Hall–Kier alpha value is -4.31. The number of rotatable bonds is 12. The number of imidazole rings is 1. The fraction of sp³-hybridized carbons (Fsp3) is 0.152. The largest absolute Gasteiger partial charge is 0.486 e. The molecule has 1 aromatic heterocycles. The van der Waals surface area contributed by atoms with Crippen molar-refractivity contribution in [3.8, 4) is 28.1 Å². The zero-order chi connectivity index (χ0) is 31.3. The number of aromatic nitrogens is 2. The Morgan fingerprint density at radius 3 is 2.20 bits per heavy atom. The highest BCUT2D eigenvalue weighted by Gasteiger charge is 2.15. The van der Waals surface area contributed by atoms with Crippen LogP contribution in [0.4, 0.5) is 5.69 Å². The van der Waals surface area contributed by atoms with Crippen LogP contribution in [-0.2, 0) is 23.2 Å². The van der Waals surface area contributed by atoms with E-state index >= 15 is 0 Å². The highest BCUT2D eigenvalue weighted by atomic mass is 35.5. The van der Waals surface area contributed by atoms with E-state index in [0.717, 1.165) is 22.3 Å². The summed E-state index contributed by atoms with van der Waals surface area (Å²) in [6.45, 7) is 2.44. The molecular formula is C33H29Cl2N3O5S. The number of sulfonamides is 1. The van der Waals surface area contributed by atoms with Crippen molar-refractivity contribution in [2.75, 3.05) is 10.5 Å². The SMILES string of the molecule is CCCS(=O)(=O)Nc1ccc(-c2ccc(OCc3nc(-c4ccc(Cl)cc4Cl)cn3Cc3ccc(C(=O)O)cc3)cc2)cc1. The minimum Gasteiger partial charge on any atom is -0.486 e. The molecule has 0 aliphatic carbocycles. The van der Waals surface area contributed by atoms with Crippen LogP contribution in [0.25, 0.3) is 22.4 Å². The van der Waals surface area contributed by atoms with Gasteiger partial charge in [-0.1, -0.05) is 66.5 Å². The number of carboxylic acid groups (broad SMARTS) is 1. The minimum absolute atomic E-state index is 0.0759. The van der Waals surface area contributed by atoms with E-state index in [1.165, 1.54) is 0 Å². The first-order valence-corrected chi connectivity index (χ1v) is 16.2. The van der Waals surface area contributed by atoms with Crippen molar-refractivity contribution in [1.29, 1.82) is 0 Å². The molecule has 0 radical (unpaired) electrons. The number of hydrogen-bond acceptors (Lipinski definition) is 5. The Balaban J connectivity index is 1.32. The first kappa shape index (κ1) is 31.1. The van der Waals surface area contributed by atoms with Crippen molar-refractivity contribution in [2.24, 2.45) is 0 Å². The fourth-order valence-electron chi connectivity index (χ4n) is 4.60. The van der Waals surface area contributed by atoms with Gasteiger partial charge in [0.2, 0.25) is 10.0 Å². The van der Waals surface area contributed by atoms with Gasteiger partial charge >= 0.3 is 5.97 Å². The van der Waals surface area contributed by atoms with E-state index in [1.54, 1.807) is 48.5 Å². The third-order valence-corrected chi connectivity index (χ3v) is 8.85. The summed E-state index contributed by atoms with van der Waals surface area (Å²) in [4.78, 5) is 16.1. The van der Waals surface area contributed by atoms with Gasteiger partial charge in [0.1, 0.15) is 18.2 Å². The van der Waals surface area contributed by atoms with Gasteiger partial charge in [0.15, 0.2) is 0 Å². The Kier molecular flexibility index (Phi) is 9.58. The summed E-state index contributed by atoms with van der Waals surface area (Å²) in [7, 11) is -3.35. The zero-order valence-electron chi connectivity index (χ0n) is 23.7. The summed E-state index contributed by atoms with van der Waals surface area (Å²) >= 11 is 12.6. The molecule has 0 amide bonds. The van der Waals surface area contributed by atoms with E-state index in [9.17, 15) is 18.3 Å². The normalized spacial score (nSPS) is 11.3. The molecule has 0 spiro atoms. The topological polar surface area (TPSA) is 111 Å². The molecule has 0 saturated carbocycles. The van der Waals surface area contributed by atoms with Crippen LogP contribution in [0, 0.1) is 0 Å². The highest BCUT2D eigenvalue weighted by molar-refractivity contribution is 7.92. The van der Waals surface area contributed by atoms with Crippen LogP contribution in [0.1, 0.15) is 35.1 Å². The van der Waals surface area contributed by atoms with Gasteiger partial charge in [-0.2, -0.15) is 0 Å². The molecule has 0 saturated heterocycles. The maximum atomic E-state index is 12.0. The fourth-order valence-corrected chi connectivity index (χ4v) is 6.24. The molecule has 4 aromatic carbocycles. The Morgan fingerprint density at radius 2 is 1.59 bits per heavy atom. The van der Waals surface area contributed by atoms with E-state index in [1.807, 2.05) is 60.2 Å². The number of carboxylic acids is 1. The van der Waals surface area contributed by atoms with Crippen molar-refractivity contribution >= 4 is 44.9 Å². The first-order valence-electron chi connectivity index (χ1n) is 13.8. The molecule has 44 heavy (non-hydrogen) atoms. The first-order chi connectivity index (χ1) is 21.1. The van der Waals surface area contributed by atoms with Gasteiger partial charge < -0.3 is 14.4 Å². The number of benzene rings is 4. The van der Waals surface area contributed by atoms with E-state index in [2.05, 4.69) is 4.72 Å². The molecule has 0 aliphatic heterocycles. The average Bonchev–Trinajstić information content (AvgIpc) is 3.38. The Bertz CT molecular complexity index is 1870. The molecule has 226 valence electrons. The lowest BCUT2D eigenvalue weighted by molar-refractivity contribution is 0.0697. The molecule has 8 nitrogen and oxygen atoms in total. The van der Waals surface area contributed by atoms with Crippen molar-refractivity contribution in [1.82, 2.24) is 9.55 Å². The lowest BCUT2D eigenvalue weighted by Crippen LogP contribution is -2.15. The van der Waals surface area contributed by atoms with Crippen molar-refractivity contribution in [3.05, 3.63) is 124 Å². The van der Waals surface area contributed by atoms with Gasteiger partial charge in [-0.05, 0) is 77.7 Å². The second-order valence-electron chi connectivity index (χ2n) is 10.1. The summed E-state index contributed by atoms with van der Waals surface area (Å²) in [5, 5.41) is 10.2. The number of anilines is 1. The van der Waals surface area contributed by atoms with E-state index in [4.69, 9.17) is 32.9 Å². The molecule has 0 fully saturated rings. The number of ether oxygens (including phenoxy) is 1. The predicted molar refractivity (Wildman–Crippen MR) is 174 cm³/mol. The molecule has 1 heterocycles. The number of carbonyl (C=O) groups is 1. The Labute approximate surface area is 265 Å². The summed E-state index contributed by atoms with van der Waals surface area (Å²) in [6, 6.07) is 26.7. The predicted octanol–water partition coefficient (Wildman–Crippen LogP) is 8.00. The van der Waals surface area contributed by atoms with Crippen LogP contribution in [0.2, 0.25) is 10.0 Å². The number of nitrogens with one attached hydrogen (secondary N) is 1. The van der Waals surface area contributed by atoms with Crippen molar-refractivity contribution < 1.29 is 23.1 Å². The van der Waals surface area contributed by atoms with E-state index < -0.39 is 16.0 Å². The van der Waals surface area contributed by atoms with Crippen molar-refractivity contribution in [2.45, 2.75) is 26.5 Å².